The smallest absolute Gasteiger partial charge is 0.150 e. The van der Waals surface area contributed by atoms with E-state index in [0.717, 1.165) is 17.5 Å². The van der Waals surface area contributed by atoms with E-state index in [-0.39, 0.29) is 0 Å². The second-order valence-corrected chi connectivity index (χ2v) is 4.27. The molecule has 3 nitrogen and oxygen atoms in total. The van der Waals surface area contributed by atoms with Gasteiger partial charge in [0.1, 0.15) is 18.6 Å². The summed E-state index contributed by atoms with van der Waals surface area (Å²) in [6.45, 7) is 2.33. The average Bonchev–Trinajstić information content (AvgIpc) is 2.39. The van der Waals surface area contributed by atoms with E-state index in [1.807, 2.05) is 19.1 Å². The summed E-state index contributed by atoms with van der Waals surface area (Å²) in [5, 5.41) is 0.424. The van der Waals surface area contributed by atoms with Gasteiger partial charge in [-0.2, -0.15) is 0 Å². The van der Waals surface area contributed by atoms with Crippen molar-refractivity contribution in [1.82, 2.24) is 4.98 Å². The zero-order valence-corrected chi connectivity index (χ0v) is 10.6. The van der Waals surface area contributed by atoms with Gasteiger partial charge in [0.15, 0.2) is 0 Å². The molecule has 0 bridgehead atoms. The Hall–Kier alpha value is -1.87. The fourth-order valence-corrected chi connectivity index (χ4v) is 1.77. The van der Waals surface area contributed by atoms with Gasteiger partial charge in [0.05, 0.1) is 10.7 Å². The van der Waals surface area contributed by atoms with Crippen LogP contribution < -0.4 is 4.74 Å². The molecule has 0 amide bonds. The molecule has 4 heteroatoms. The Labute approximate surface area is 110 Å². The third-order valence-corrected chi connectivity index (χ3v) is 2.87. The van der Waals surface area contributed by atoms with E-state index in [1.54, 1.807) is 24.4 Å². The lowest BCUT2D eigenvalue weighted by molar-refractivity contribution is 0.112. The Morgan fingerprint density at radius 3 is 2.89 bits per heavy atom. The third kappa shape index (κ3) is 2.87. The first-order valence-corrected chi connectivity index (χ1v) is 5.86. The van der Waals surface area contributed by atoms with Crippen molar-refractivity contribution in [2.24, 2.45) is 0 Å². The molecule has 0 radical (unpaired) electrons. The SMILES string of the molecule is Cc1cccnc1COc1ccc(C=O)cc1Cl. The number of halogens is 1. The Morgan fingerprint density at radius 2 is 2.22 bits per heavy atom. The number of carbonyl (C=O) groups is 1. The molecule has 1 aromatic carbocycles. The summed E-state index contributed by atoms with van der Waals surface area (Å²) < 4.78 is 5.59. The van der Waals surface area contributed by atoms with Crippen molar-refractivity contribution >= 4 is 17.9 Å². The van der Waals surface area contributed by atoms with E-state index in [0.29, 0.717) is 22.9 Å². The van der Waals surface area contributed by atoms with Crippen molar-refractivity contribution in [2.75, 3.05) is 0 Å². The molecular formula is C14H12ClNO2. The quantitative estimate of drug-likeness (QED) is 0.792. The molecule has 1 aromatic heterocycles. The Kier molecular flexibility index (Phi) is 3.95. The van der Waals surface area contributed by atoms with Gasteiger partial charge >= 0.3 is 0 Å². The summed E-state index contributed by atoms with van der Waals surface area (Å²) in [6.07, 6.45) is 2.47. The number of benzene rings is 1. The van der Waals surface area contributed by atoms with Gasteiger partial charge in [-0.1, -0.05) is 17.7 Å². The van der Waals surface area contributed by atoms with Gasteiger partial charge in [-0.05, 0) is 36.8 Å². The van der Waals surface area contributed by atoms with E-state index in [2.05, 4.69) is 4.98 Å². The maximum atomic E-state index is 10.6. The highest BCUT2D eigenvalue weighted by atomic mass is 35.5. The molecule has 0 unspecified atom stereocenters. The van der Waals surface area contributed by atoms with Gasteiger partial charge in [0.2, 0.25) is 0 Å². The standard InChI is InChI=1S/C14H12ClNO2/c1-10-3-2-6-16-13(10)9-18-14-5-4-11(8-17)7-12(14)15/h2-8H,9H2,1H3. The molecule has 0 N–H and O–H groups in total. The van der Waals surface area contributed by atoms with Crippen LogP contribution in [0.5, 0.6) is 5.75 Å². The van der Waals surface area contributed by atoms with Gasteiger partial charge in [0, 0.05) is 11.8 Å². The number of nitrogens with zero attached hydrogens (tertiary/aromatic N) is 1. The number of hydrogen-bond acceptors (Lipinski definition) is 3. The predicted molar refractivity (Wildman–Crippen MR) is 70.1 cm³/mol. The van der Waals surface area contributed by atoms with E-state index in [1.165, 1.54) is 0 Å². The summed E-state index contributed by atoms with van der Waals surface area (Å²) >= 11 is 6.01. The number of rotatable bonds is 4. The van der Waals surface area contributed by atoms with Crippen molar-refractivity contribution in [3.8, 4) is 5.75 Å². The predicted octanol–water partition coefficient (Wildman–Crippen LogP) is 3.43. The molecule has 1 heterocycles. The van der Waals surface area contributed by atoms with Crippen LogP contribution in [0.2, 0.25) is 5.02 Å². The molecule has 18 heavy (non-hydrogen) atoms. The van der Waals surface area contributed by atoms with Crippen LogP contribution in [-0.4, -0.2) is 11.3 Å². The molecule has 2 rings (SSSR count). The van der Waals surface area contributed by atoms with Crippen LogP contribution in [0, 0.1) is 6.92 Å². The number of hydrogen-bond donors (Lipinski definition) is 0. The van der Waals surface area contributed by atoms with E-state index >= 15 is 0 Å². The summed E-state index contributed by atoms with van der Waals surface area (Å²) in [5.41, 5.74) is 2.47. The van der Waals surface area contributed by atoms with Crippen molar-refractivity contribution < 1.29 is 9.53 Å². The first-order valence-electron chi connectivity index (χ1n) is 5.48. The minimum Gasteiger partial charge on any atom is -0.486 e. The summed E-state index contributed by atoms with van der Waals surface area (Å²) in [5.74, 6) is 0.548. The number of aldehydes is 1. The molecule has 92 valence electrons. The number of ether oxygens (including phenoxy) is 1. The molecular weight excluding hydrogens is 250 g/mol. The van der Waals surface area contributed by atoms with E-state index in [4.69, 9.17) is 16.3 Å². The van der Waals surface area contributed by atoms with Gasteiger partial charge in [-0.25, -0.2) is 0 Å². The summed E-state index contributed by atoms with van der Waals surface area (Å²) in [6, 6.07) is 8.78. The molecule has 0 atom stereocenters. The third-order valence-electron chi connectivity index (χ3n) is 2.57. The van der Waals surface area contributed by atoms with Gasteiger partial charge in [0.25, 0.3) is 0 Å². The molecule has 0 spiro atoms. The lowest BCUT2D eigenvalue weighted by Gasteiger charge is -2.09. The largest absolute Gasteiger partial charge is 0.486 e. The number of aryl methyl sites for hydroxylation is 1. The Morgan fingerprint density at radius 1 is 1.39 bits per heavy atom. The maximum Gasteiger partial charge on any atom is 0.150 e. The van der Waals surface area contributed by atoms with Crippen LogP contribution in [0.25, 0.3) is 0 Å². The average molecular weight is 262 g/mol. The molecule has 0 saturated carbocycles. The van der Waals surface area contributed by atoms with Crippen LogP contribution in [0.4, 0.5) is 0 Å². The highest BCUT2D eigenvalue weighted by Crippen LogP contribution is 2.25. The van der Waals surface area contributed by atoms with E-state index in [9.17, 15) is 4.79 Å². The van der Waals surface area contributed by atoms with Crippen LogP contribution in [0.15, 0.2) is 36.5 Å². The zero-order chi connectivity index (χ0) is 13.0. The minimum atomic E-state index is 0.354. The van der Waals surface area contributed by atoms with Crippen molar-refractivity contribution in [3.63, 3.8) is 0 Å². The van der Waals surface area contributed by atoms with Crippen molar-refractivity contribution in [3.05, 3.63) is 58.4 Å². The second kappa shape index (κ2) is 5.65. The molecule has 2 aromatic rings. The zero-order valence-electron chi connectivity index (χ0n) is 9.89. The van der Waals surface area contributed by atoms with Crippen molar-refractivity contribution in [2.45, 2.75) is 13.5 Å². The van der Waals surface area contributed by atoms with E-state index < -0.39 is 0 Å². The van der Waals surface area contributed by atoms with Gasteiger partial charge < -0.3 is 4.74 Å². The highest BCUT2D eigenvalue weighted by Gasteiger charge is 2.05. The first-order chi connectivity index (χ1) is 8.70. The molecule has 0 aliphatic carbocycles. The summed E-state index contributed by atoms with van der Waals surface area (Å²) in [4.78, 5) is 14.8. The van der Waals surface area contributed by atoms with Crippen LogP contribution in [0.1, 0.15) is 21.6 Å². The minimum absolute atomic E-state index is 0.354. The molecule has 0 aliphatic rings. The lowest BCUT2D eigenvalue weighted by Crippen LogP contribution is -2.01. The van der Waals surface area contributed by atoms with Gasteiger partial charge in [-0.15, -0.1) is 0 Å². The number of carbonyl (C=O) groups excluding carboxylic acids is 1. The monoisotopic (exact) mass is 261 g/mol. The van der Waals surface area contributed by atoms with Gasteiger partial charge in [-0.3, -0.25) is 9.78 Å². The topological polar surface area (TPSA) is 39.2 Å². The Bertz CT molecular complexity index is 569. The second-order valence-electron chi connectivity index (χ2n) is 3.86. The molecule has 0 fully saturated rings. The lowest BCUT2D eigenvalue weighted by atomic mass is 10.2. The van der Waals surface area contributed by atoms with Crippen molar-refractivity contribution in [1.29, 1.82) is 0 Å². The molecule has 0 saturated heterocycles. The fraction of sp³-hybridized carbons (Fsp3) is 0.143. The highest BCUT2D eigenvalue weighted by molar-refractivity contribution is 6.32. The fourth-order valence-electron chi connectivity index (χ4n) is 1.52. The number of pyridine rings is 1. The van der Waals surface area contributed by atoms with Crippen LogP contribution in [0.3, 0.4) is 0 Å². The van der Waals surface area contributed by atoms with Crippen LogP contribution in [-0.2, 0) is 6.61 Å². The normalized spacial score (nSPS) is 10.1. The number of aromatic nitrogens is 1. The summed E-state index contributed by atoms with van der Waals surface area (Å²) in [7, 11) is 0. The Balaban J connectivity index is 2.11. The van der Waals surface area contributed by atoms with Crippen LogP contribution >= 0.6 is 11.6 Å². The first kappa shape index (κ1) is 12.6. The molecule has 0 aliphatic heterocycles. The maximum absolute atomic E-state index is 10.6.